The van der Waals surface area contributed by atoms with Crippen molar-refractivity contribution >= 4 is 40.0 Å². The molecule has 1 N–H and O–H groups in total. The van der Waals surface area contributed by atoms with E-state index in [9.17, 15) is 8.42 Å². The molecule has 0 amide bonds. The van der Waals surface area contributed by atoms with E-state index in [1.54, 1.807) is 12.3 Å². The third kappa shape index (κ3) is 7.00. The predicted octanol–water partition coefficient (Wildman–Crippen LogP) is 1.93. The highest BCUT2D eigenvalue weighted by Gasteiger charge is 2.29. The van der Waals surface area contributed by atoms with Gasteiger partial charge in [-0.25, -0.2) is 8.42 Å². The second-order valence-corrected chi connectivity index (χ2v) is 8.56. The molecule has 0 atom stereocenters. The van der Waals surface area contributed by atoms with E-state index in [1.807, 2.05) is 12.1 Å². The number of aromatic nitrogens is 1. The van der Waals surface area contributed by atoms with Crippen molar-refractivity contribution < 1.29 is 17.4 Å². The third-order valence-electron chi connectivity index (χ3n) is 4.47. The molecule has 1 fully saturated rings. The minimum atomic E-state index is -3.41. The van der Waals surface area contributed by atoms with Gasteiger partial charge >= 0.3 is 0 Å². The van der Waals surface area contributed by atoms with Crippen LogP contribution in [-0.4, -0.2) is 68.0 Å². The lowest BCUT2D eigenvalue weighted by Crippen LogP contribution is -2.54. The van der Waals surface area contributed by atoms with Gasteiger partial charge in [-0.3, -0.25) is 4.99 Å². The van der Waals surface area contributed by atoms with Crippen LogP contribution in [0.4, 0.5) is 0 Å². The van der Waals surface area contributed by atoms with Gasteiger partial charge in [-0.2, -0.15) is 4.31 Å². The number of hydrogen-bond acceptors (Lipinski definition) is 6. The van der Waals surface area contributed by atoms with Crippen molar-refractivity contribution in [2.24, 2.45) is 4.99 Å². The largest absolute Gasteiger partial charge is 0.469 e. The Balaban J connectivity index is 0.00000300. The van der Waals surface area contributed by atoms with Gasteiger partial charge in [0, 0.05) is 51.8 Å². The average molecular weight is 537 g/mol. The minimum absolute atomic E-state index is 0. The van der Waals surface area contributed by atoms with Crippen LogP contribution >= 0.6 is 24.0 Å². The standard InChI is InChI=1S/C18H27N5O4S.HI/c1-2-7-19-18(20-8-5-17-4-3-13-26-17)22-9-11-23(12-10-22)28(24,25)15-16-6-14-27-21-16;/h3-4,6,13-14H,2,5,7-12,15H2,1H3,(H,19,20);1H. The number of halogens is 1. The van der Waals surface area contributed by atoms with E-state index in [0.29, 0.717) is 38.4 Å². The molecule has 0 radical (unpaired) electrons. The Kier molecular flexibility index (Phi) is 9.43. The zero-order valence-electron chi connectivity index (χ0n) is 16.5. The van der Waals surface area contributed by atoms with Crippen LogP contribution in [0.2, 0.25) is 0 Å². The molecule has 162 valence electrons. The van der Waals surface area contributed by atoms with Crippen LogP contribution in [-0.2, 0) is 22.2 Å². The van der Waals surface area contributed by atoms with Gasteiger partial charge in [0.1, 0.15) is 17.8 Å². The molecule has 2 aromatic heterocycles. The fourth-order valence-electron chi connectivity index (χ4n) is 3.01. The molecule has 3 rings (SSSR count). The van der Waals surface area contributed by atoms with E-state index in [1.165, 1.54) is 10.6 Å². The molecule has 0 unspecified atom stereocenters. The van der Waals surface area contributed by atoms with Gasteiger partial charge in [0.25, 0.3) is 0 Å². The second-order valence-electron chi connectivity index (χ2n) is 6.59. The maximum absolute atomic E-state index is 12.6. The summed E-state index contributed by atoms with van der Waals surface area (Å²) in [6.45, 7) is 5.55. The van der Waals surface area contributed by atoms with E-state index in [2.05, 4.69) is 27.3 Å². The predicted molar refractivity (Wildman–Crippen MR) is 121 cm³/mol. The first-order valence-corrected chi connectivity index (χ1v) is 11.1. The van der Waals surface area contributed by atoms with Crippen LogP contribution in [0.25, 0.3) is 0 Å². The summed E-state index contributed by atoms with van der Waals surface area (Å²) >= 11 is 0. The Bertz CT molecular complexity index is 832. The molecule has 0 aromatic carbocycles. The van der Waals surface area contributed by atoms with Crippen LogP contribution in [0, 0.1) is 0 Å². The summed E-state index contributed by atoms with van der Waals surface area (Å²) in [5.41, 5.74) is 0.423. The first-order chi connectivity index (χ1) is 13.6. The summed E-state index contributed by atoms with van der Waals surface area (Å²) in [5.74, 6) is 1.61. The summed E-state index contributed by atoms with van der Waals surface area (Å²) in [6.07, 6.45) is 4.77. The number of furan rings is 1. The molecule has 1 aliphatic rings. The number of sulfonamides is 1. The van der Waals surface area contributed by atoms with Gasteiger partial charge in [0.15, 0.2) is 5.96 Å². The molecule has 0 bridgehead atoms. The van der Waals surface area contributed by atoms with E-state index in [0.717, 1.165) is 31.1 Å². The Morgan fingerprint density at radius 3 is 2.66 bits per heavy atom. The molecule has 29 heavy (non-hydrogen) atoms. The lowest BCUT2D eigenvalue weighted by molar-refractivity contribution is 0.259. The molecule has 1 aliphatic heterocycles. The number of guanidine groups is 1. The summed E-state index contributed by atoms with van der Waals surface area (Å²) in [6, 6.07) is 5.40. The van der Waals surface area contributed by atoms with Gasteiger partial charge in [0.05, 0.1) is 12.0 Å². The fourth-order valence-corrected chi connectivity index (χ4v) is 4.43. The van der Waals surface area contributed by atoms with Crippen LogP contribution in [0.15, 0.2) is 44.7 Å². The number of nitrogens with one attached hydrogen (secondary N) is 1. The van der Waals surface area contributed by atoms with Gasteiger partial charge < -0.3 is 19.2 Å². The van der Waals surface area contributed by atoms with Crippen molar-refractivity contribution in [2.45, 2.75) is 25.5 Å². The molecule has 9 nitrogen and oxygen atoms in total. The van der Waals surface area contributed by atoms with Crippen molar-refractivity contribution in [1.82, 2.24) is 19.7 Å². The highest BCUT2D eigenvalue weighted by molar-refractivity contribution is 14.0. The summed E-state index contributed by atoms with van der Waals surface area (Å²) in [7, 11) is -3.41. The number of rotatable bonds is 8. The van der Waals surface area contributed by atoms with Crippen molar-refractivity contribution in [2.75, 3.05) is 39.3 Å². The van der Waals surface area contributed by atoms with Gasteiger partial charge in [-0.05, 0) is 18.6 Å². The zero-order chi connectivity index (χ0) is 19.8. The lowest BCUT2D eigenvalue weighted by atomic mass is 10.3. The smallest absolute Gasteiger partial charge is 0.220 e. The van der Waals surface area contributed by atoms with E-state index in [-0.39, 0.29) is 29.7 Å². The molecule has 11 heteroatoms. The molecular formula is C18H28IN5O4S. The third-order valence-corrected chi connectivity index (χ3v) is 6.29. The first kappa shape index (κ1) is 23.7. The summed E-state index contributed by atoms with van der Waals surface area (Å²) < 4.78 is 36.7. The van der Waals surface area contributed by atoms with Gasteiger partial charge in [-0.15, -0.1) is 24.0 Å². The van der Waals surface area contributed by atoms with E-state index < -0.39 is 10.0 Å². The Hall–Kier alpha value is -1.60. The Labute approximate surface area is 188 Å². The molecule has 0 spiro atoms. The Morgan fingerprint density at radius 2 is 2.03 bits per heavy atom. The van der Waals surface area contributed by atoms with Crippen molar-refractivity contribution in [3.05, 3.63) is 42.2 Å². The zero-order valence-corrected chi connectivity index (χ0v) is 19.6. The quantitative estimate of drug-likeness (QED) is 0.312. The number of piperazine rings is 1. The van der Waals surface area contributed by atoms with Crippen LogP contribution in [0.1, 0.15) is 24.8 Å². The topological polar surface area (TPSA) is 104 Å². The van der Waals surface area contributed by atoms with Crippen LogP contribution < -0.4 is 5.32 Å². The minimum Gasteiger partial charge on any atom is -0.469 e. The van der Waals surface area contributed by atoms with Crippen molar-refractivity contribution in [3.63, 3.8) is 0 Å². The van der Waals surface area contributed by atoms with Crippen LogP contribution in [0.3, 0.4) is 0 Å². The fraction of sp³-hybridized carbons (Fsp3) is 0.556. The molecule has 1 saturated heterocycles. The monoisotopic (exact) mass is 537 g/mol. The second kappa shape index (κ2) is 11.6. The lowest BCUT2D eigenvalue weighted by Gasteiger charge is -2.35. The average Bonchev–Trinajstić information content (AvgIpc) is 3.38. The van der Waals surface area contributed by atoms with Crippen LogP contribution in [0.5, 0.6) is 0 Å². The normalized spacial score (nSPS) is 15.9. The van der Waals surface area contributed by atoms with Crippen molar-refractivity contribution in [1.29, 1.82) is 0 Å². The highest BCUT2D eigenvalue weighted by atomic mass is 127. The summed E-state index contributed by atoms with van der Waals surface area (Å²) in [5, 5.41) is 7.08. The molecule has 0 saturated carbocycles. The molecule has 2 aromatic rings. The molecular weight excluding hydrogens is 509 g/mol. The Morgan fingerprint density at radius 1 is 1.24 bits per heavy atom. The number of hydrogen-bond donors (Lipinski definition) is 1. The van der Waals surface area contributed by atoms with E-state index >= 15 is 0 Å². The molecule has 3 heterocycles. The van der Waals surface area contributed by atoms with Gasteiger partial charge in [0.2, 0.25) is 10.0 Å². The first-order valence-electron chi connectivity index (χ1n) is 9.51. The number of aliphatic imine (C=N–C) groups is 1. The summed E-state index contributed by atoms with van der Waals surface area (Å²) in [4.78, 5) is 6.75. The molecule has 0 aliphatic carbocycles. The number of nitrogens with zero attached hydrogens (tertiary/aromatic N) is 4. The van der Waals surface area contributed by atoms with E-state index in [4.69, 9.17) is 8.94 Å². The SMILES string of the molecule is CCCN=C(NCCc1ccco1)N1CCN(S(=O)(=O)Cc2ccon2)CC1.I. The van der Waals surface area contributed by atoms with Crippen molar-refractivity contribution in [3.8, 4) is 0 Å². The van der Waals surface area contributed by atoms with Gasteiger partial charge in [-0.1, -0.05) is 12.1 Å². The maximum atomic E-state index is 12.6. The maximum Gasteiger partial charge on any atom is 0.220 e. The highest BCUT2D eigenvalue weighted by Crippen LogP contribution is 2.13.